The molecule has 5 nitrogen and oxygen atoms in total. The summed E-state index contributed by atoms with van der Waals surface area (Å²) in [6, 6.07) is 6.82. The summed E-state index contributed by atoms with van der Waals surface area (Å²) >= 11 is 0. The van der Waals surface area contributed by atoms with Gasteiger partial charge in [0.1, 0.15) is 0 Å². The van der Waals surface area contributed by atoms with Crippen molar-refractivity contribution >= 4 is 21.2 Å². The molecule has 0 bridgehead atoms. The third-order valence-electron chi connectivity index (χ3n) is 2.98. The molecule has 108 valence electrons. The van der Waals surface area contributed by atoms with E-state index in [9.17, 15) is 8.42 Å². The fourth-order valence-electron chi connectivity index (χ4n) is 2.01. The van der Waals surface area contributed by atoms with Crippen molar-refractivity contribution in [1.29, 1.82) is 0 Å². The Morgan fingerprint density at radius 1 is 1.25 bits per heavy atom. The van der Waals surface area contributed by atoms with Gasteiger partial charge in [0.25, 0.3) is 0 Å². The molecule has 1 heterocycles. The standard InChI is InChI=1S/C14H19N3O2S/c1-4-9-20(18,19)13-7-5-12(6-8-13)15-14-10-17(3)16-11(14)2/h5-8,10,15H,4,9H2,1-3H3. The summed E-state index contributed by atoms with van der Waals surface area (Å²) in [6.45, 7) is 3.78. The second kappa shape index (κ2) is 5.66. The average Bonchev–Trinajstić information content (AvgIpc) is 2.68. The largest absolute Gasteiger partial charge is 0.353 e. The van der Waals surface area contributed by atoms with Crippen LogP contribution >= 0.6 is 0 Å². The van der Waals surface area contributed by atoms with Crippen molar-refractivity contribution in [3.8, 4) is 0 Å². The molecule has 0 unspecified atom stereocenters. The zero-order chi connectivity index (χ0) is 14.8. The molecule has 1 aromatic carbocycles. The number of nitrogens with one attached hydrogen (secondary N) is 1. The van der Waals surface area contributed by atoms with E-state index in [1.807, 2.05) is 27.1 Å². The number of anilines is 2. The van der Waals surface area contributed by atoms with Crippen molar-refractivity contribution in [2.24, 2.45) is 7.05 Å². The smallest absolute Gasteiger partial charge is 0.178 e. The molecule has 0 spiro atoms. The Labute approximate surface area is 119 Å². The van der Waals surface area contributed by atoms with E-state index >= 15 is 0 Å². The quantitative estimate of drug-likeness (QED) is 0.920. The van der Waals surface area contributed by atoms with Gasteiger partial charge in [-0.05, 0) is 37.6 Å². The van der Waals surface area contributed by atoms with Gasteiger partial charge in [-0.2, -0.15) is 5.10 Å². The normalized spacial score (nSPS) is 11.6. The minimum absolute atomic E-state index is 0.182. The lowest BCUT2D eigenvalue weighted by atomic mass is 10.3. The maximum atomic E-state index is 11.9. The molecule has 0 aliphatic rings. The molecule has 20 heavy (non-hydrogen) atoms. The van der Waals surface area contributed by atoms with Crippen molar-refractivity contribution in [3.05, 3.63) is 36.2 Å². The van der Waals surface area contributed by atoms with Gasteiger partial charge in [0.05, 0.1) is 22.0 Å². The number of rotatable bonds is 5. The van der Waals surface area contributed by atoms with E-state index in [1.165, 1.54) is 0 Å². The molecule has 0 atom stereocenters. The fraction of sp³-hybridized carbons (Fsp3) is 0.357. The first kappa shape index (κ1) is 14.6. The Kier molecular flexibility index (Phi) is 4.13. The second-order valence-electron chi connectivity index (χ2n) is 4.77. The van der Waals surface area contributed by atoms with Gasteiger partial charge in [-0.3, -0.25) is 4.68 Å². The molecule has 0 saturated heterocycles. The molecule has 0 aliphatic carbocycles. The van der Waals surface area contributed by atoms with Crippen LogP contribution in [0.5, 0.6) is 0 Å². The Hall–Kier alpha value is -1.82. The first-order chi connectivity index (χ1) is 9.42. The zero-order valence-corrected chi connectivity index (χ0v) is 12.7. The van der Waals surface area contributed by atoms with Gasteiger partial charge in [-0.1, -0.05) is 6.92 Å². The minimum atomic E-state index is -3.15. The van der Waals surface area contributed by atoms with Gasteiger partial charge in [0, 0.05) is 18.9 Å². The van der Waals surface area contributed by atoms with Gasteiger partial charge in [-0.25, -0.2) is 8.42 Å². The van der Waals surface area contributed by atoms with E-state index in [1.54, 1.807) is 28.9 Å². The summed E-state index contributed by atoms with van der Waals surface area (Å²) < 4.78 is 25.6. The lowest BCUT2D eigenvalue weighted by Gasteiger charge is -2.07. The van der Waals surface area contributed by atoms with Crippen molar-refractivity contribution in [1.82, 2.24) is 9.78 Å². The number of sulfone groups is 1. The lowest BCUT2D eigenvalue weighted by Crippen LogP contribution is -2.05. The topological polar surface area (TPSA) is 64.0 Å². The molecule has 1 N–H and O–H groups in total. The molecule has 6 heteroatoms. The summed E-state index contributed by atoms with van der Waals surface area (Å²) in [7, 11) is -1.29. The van der Waals surface area contributed by atoms with Gasteiger partial charge < -0.3 is 5.32 Å². The highest BCUT2D eigenvalue weighted by Crippen LogP contribution is 2.21. The van der Waals surface area contributed by atoms with E-state index in [-0.39, 0.29) is 5.75 Å². The summed E-state index contributed by atoms with van der Waals surface area (Å²) in [4.78, 5) is 0.368. The maximum absolute atomic E-state index is 11.9. The van der Waals surface area contributed by atoms with E-state index in [4.69, 9.17) is 0 Å². The van der Waals surface area contributed by atoms with E-state index in [2.05, 4.69) is 10.4 Å². The molecule has 2 rings (SSSR count). The van der Waals surface area contributed by atoms with Crippen LogP contribution in [0.4, 0.5) is 11.4 Å². The zero-order valence-electron chi connectivity index (χ0n) is 11.9. The van der Waals surface area contributed by atoms with E-state index in [0.29, 0.717) is 11.3 Å². The maximum Gasteiger partial charge on any atom is 0.178 e. The Morgan fingerprint density at radius 3 is 2.40 bits per heavy atom. The Bertz CT molecular complexity index is 688. The van der Waals surface area contributed by atoms with Gasteiger partial charge in [-0.15, -0.1) is 0 Å². The van der Waals surface area contributed by atoms with E-state index in [0.717, 1.165) is 17.1 Å². The van der Waals surface area contributed by atoms with Crippen LogP contribution in [0, 0.1) is 6.92 Å². The summed E-state index contributed by atoms with van der Waals surface area (Å²) in [5, 5.41) is 7.47. The number of nitrogens with zero attached hydrogens (tertiary/aromatic N) is 2. The Morgan fingerprint density at radius 2 is 1.90 bits per heavy atom. The number of benzene rings is 1. The summed E-state index contributed by atoms with van der Waals surface area (Å²) in [6.07, 6.45) is 2.51. The van der Waals surface area contributed by atoms with Gasteiger partial charge >= 0.3 is 0 Å². The molecule has 0 saturated carbocycles. The number of hydrogen-bond acceptors (Lipinski definition) is 4. The van der Waals surface area contributed by atoms with Crippen LogP contribution in [0.2, 0.25) is 0 Å². The van der Waals surface area contributed by atoms with E-state index < -0.39 is 9.84 Å². The first-order valence-corrected chi connectivity index (χ1v) is 8.17. The highest BCUT2D eigenvalue weighted by atomic mass is 32.2. The molecular formula is C14H19N3O2S. The monoisotopic (exact) mass is 293 g/mol. The van der Waals surface area contributed by atoms with Crippen LogP contribution in [0.3, 0.4) is 0 Å². The predicted molar refractivity (Wildman–Crippen MR) is 80.0 cm³/mol. The molecule has 0 aliphatic heterocycles. The van der Waals surface area contributed by atoms with Crippen LogP contribution in [-0.2, 0) is 16.9 Å². The first-order valence-electron chi connectivity index (χ1n) is 6.52. The van der Waals surface area contributed by atoms with Crippen molar-refractivity contribution in [3.63, 3.8) is 0 Å². The molecular weight excluding hydrogens is 274 g/mol. The van der Waals surface area contributed by atoms with Gasteiger partial charge in [0.15, 0.2) is 9.84 Å². The minimum Gasteiger partial charge on any atom is -0.353 e. The number of hydrogen-bond donors (Lipinski definition) is 1. The molecule has 2 aromatic rings. The number of aryl methyl sites for hydroxylation is 2. The third kappa shape index (κ3) is 3.19. The molecule has 0 fully saturated rings. The van der Waals surface area contributed by atoms with Crippen molar-refractivity contribution < 1.29 is 8.42 Å². The number of aromatic nitrogens is 2. The van der Waals surface area contributed by atoms with Crippen LogP contribution < -0.4 is 5.32 Å². The summed E-state index contributed by atoms with van der Waals surface area (Å²) in [5.74, 6) is 0.182. The van der Waals surface area contributed by atoms with Crippen molar-refractivity contribution in [2.45, 2.75) is 25.2 Å². The van der Waals surface area contributed by atoms with Gasteiger partial charge in [0.2, 0.25) is 0 Å². The molecule has 1 aromatic heterocycles. The van der Waals surface area contributed by atoms with Crippen LogP contribution in [0.15, 0.2) is 35.4 Å². The van der Waals surface area contributed by atoms with Crippen molar-refractivity contribution in [2.75, 3.05) is 11.1 Å². The predicted octanol–water partition coefficient (Wildman–Crippen LogP) is 2.66. The third-order valence-corrected chi connectivity index (χ3v) is 4.91. The Balaban J connectivity index is 2.19. The van der Waals surface area contributed by atoms with Crippen LogP contribution in [0.1, 0.15) is 19.0 Å². The highest BCUT2D eigenvalue weighted by molar-refractivity contribution is 7.91. The fourth-order valence-corrected chi connectivity index (χ4v) is 3.33. The lowest BCUT2D eigenvalue weighted by molar-refractivity contribution is 0.595. The average molecular weight is 293 g/mol. The van der Waals surface area contributed by atoms with Crippen LogP contribution in [-0.4, -0.2) is 24.0 Å². The summed E-state index contributed by atoms with van der Waals surface area (Å²) in [5.41, 5.74) is 2.66. The SMILES string of the molecule is CCCS(=O)(=O)c1ccc(Nc2cn(C)nc2C)cc1. The van der Waals surface area contributed by atoms with Crippen LogP contribution in [0.25, 0.3) is 0 Å². The second-order valence-corrected chi connectivity index (χ2v) is 6.88. The molecule has 0 radical (unpaired) electrons. The highest BCUT2D eigenvalue weighted by Gasteiger charge is 2.12. The molecule has 0 amide bonds.